The average molecular weight is 381 g/mol. The van der Waals surface area contributed by atoms with Crippen molar-refractivity contribution in [2.45, 2.75) is 30.7 Å². The third-order valence-corrected chi connectivity index (χ3v) is 7.02. The van der Waals surface area contributed by atoms with Crippen molar-refractivity contribution in [3.05, 3.63) is 30.3 Å². The maximum atomic E-state index is 12.6. The van der Waals surface area contributed by atoms with Gasteiger partial charge in [-0.25, -0.2) is 13.2 Å². The van der Waals surface area contributed by atoms with Crippen LogP contribution in [-0.4, -0.2) is 67.0 Å². The Morgan fingerprint density at radius 2 is 1.92 bits per heavy atom. The van der Waals surface area contributed by atoms with Crippen LogP contribution in [0.1, 0.15) is 19.8 Å². The summed E-state index contributed by atoms with van der Waals surface area (Å²) in [4.78, 5) is 25.4. The van der Waals surface area contributed by atoms with Crippen LogP contribution in [0.25, 0.3) is 0 Å². The van der Waals surface area contributed by atoms with Crippen LogP contribution in [-0.2, 0) is 14.8 Å². The molecule has 2 saturated heterocycles. The summed E-state index contributed by atoms with van der Waals surface area (Å²) in [6, 6.07) is 7.60. The number of likely N-dealkylation sites (tertiary alicyclic amines) is 1. The standard InChI is InChI=1S/C17H23N3O5S/c1-17(15(21)22)8-10-19(12-17)16(23)18-13-7-9-20(11-13)26(24,25)14-5-3-2-4-6-14/h2-6,13H,7-12H2,1H3,(H,18,23)(H,21,22)/t13-,17?/m0/s1. The maximum absolute atomic E-state index is 12.6. The second-order valence-corrected chi connectivity index (χ2v) is 9.09. The van der Waals surface area contributed by atoms with Gasteiger partial charge in [0.2, 0.25) is 10.0 Å². The zero-order chi connectivity index (χ0) is 18.9. The second kappa shape index (κ2) is 6.88. The van der Waals surface area contributed by atoms with E-state index in [4.69, 9.17) is 0 Å². The lowest BCUT2D eigenvalue weighted by atomic mass is 9.90. The SMILES string of the molecule is CC1(C(=O)O)CCN(C(=O)N[C@H]2CCN(S(=O)(=O)c3ccccc3)C2)C1. The monoisotopic (exact) mass is 381 g/mol. The van der Waals surface area contributed by atoms with Crippen molar-refractivity contribution in [1.82, 2.24) is 14.5 Å². The number of urea groups is 1. The molecule has 2 heterocycles. The van der Waals surface area contributed by atoms with E-state index in [1.807, 2.05) is 0 Å². The van der Waals surface area contributed by atoms with Gasteiger partial charge in [-0.1, -0.05) is 18.2 Å². The Balaban J connectivity index is 1.58. The highest BCUT2D eigenvalue weighted by molar-refractivity contribution is 7.89. The van der Waals surface area contributed by atoms with E-state index in [1.54, 1.807) is 37.3 Å². The Hall–Kier alpha value is -2.13. The van der Waals surface area contributed by atoms with Crippen LogP contribution < -0.4 is 5.32 Å². The Kier molecular flexibility index (Phi) is 4.94. The van der Waals surface area contributed by atoms with Gasteiger partial charge < -0.3 is 15.3 Å². The Labute approximate surface area is 152 Å². The third kappa shape index (κ3) is 3.54. The number of benzene rings is 1. The molecule has 2 N–H and O–H groups in total. The van der Waals surface area contributed by atoms with Gasteiger partial charge in [-0.2, -0.15) is 4.31 Å². The molecule has 2 atom stereocenters. The number of carboxylic acid groups (broad SMARTS) is 1. The molecule has 26 heavy (non-hydrogen) atoms. The van der Waals surface area contributed by atoms with E-state index in [2.05, 4.69) is 5.32 Å². The number of rotatable bonds is 4. The molecule has 0 spiro atoms. The molecule has 2 aliphatic rings. The molecule has 1 aromatic carbocycles. The normalized spacial score (nSPS) is 26.8. The lowest BCUT2D eigenvalue weighted by molar-refractivity contribution is -0.147. The number of amides is 2. The summed E-state index contributed by atoms with van der Waals surface area (Å²) >= 11 is 0. The van der Waals surface area contributed by atoms with Gasteiger partial charge in [-0.15, -0.1) is 0 Å². The molecule has 1 aromatic rings. The summed E-state index contributed by atoms with van der Waals surface area (Å²) in [6.07, 6.45) is 0.941. The highest BCUT2D eigenvalue weighted by Gasteiger charge is 2.43. The highest BCUT2D eigenvalue weighted by Crippen LogP contribution is 2.30. The van der Waals surface area contributed by atoms with Crippen LogP contribution in [0.2, 0.25) is 0 Å². The number of nitrogens with one attached hydrogen (secondary N) is 1. The summed E-state index contributed by atoms with van der Waals surface area (Å²) < 4.78 is 26.6. The van der Waals surface area contributed by atoms with Crippen molar-refractivity contribution in [1.29, 1.82) is 0 Å². The number of aliphatic carboxylic acids is 1. The van der Waals surface area contributed by atoms with Crippen molar-refractivity contribution in [2.24, 2.45) is 5.41 Å². The van der Waals surface area contributed by atoms with Crippen molar-refractivity contribution < 1.29 is 23.1 Å². The predicted molar refractivity (Wildman–Crippen MR) is 94.1 cm³/mol. The van der Waals surface area contributed by atoms with Gasteiger partial charge in [0.15, 0.2) is 0 Å². The first-order valence-corrected chi connectivity index (χ1v) is 10.0. The molecule has 0 bridgehead atoms. The molecule has 9 heteroatoms. The lowest BCUT2D eigenvalue weighted by Crippen LogP contribution is -2.46. The summed E-state index contributed by atoms with van der Waals surface area (Å²) in [5.74, 6) is -0.909. The molecule has 3 rings (SSSR count). The van der Waals surface area contributed by atoms with Gasteiger partial charge in [-0.05, 0) is 31.9 Å². The fraction of sp³-hybridized carbons (Fsp3) is 0.529. The molecule has 2 fully saturated rings. The lowest BCUT2D eigenvalue weighted by Gasteiger charge is -2.23. The number of nitrogens with zero attached hydrogens (tertiary/aromatic N) is 2. The molecule has 0 aliphatic carbocycles. The summed E-state index contributed by atoms with van der Waals surface area (Å²) in [5, 5.41) is 12.1. The van der Waals surface area contributed by atoms with Crippen LogP contribution in [0, 0.1) is 5.41 Å². The molecule has 0 aromatic heterocycles. The Morgan fingerprint density at radius 1 is 1.23 bits per heavy atom. The van der Waals surface area contributed by atoms with Crippen LogP contribution in [0.5, 0.6) is 0 Å². The number of hydrogen-bond donors (Lipinski definition) is 2. The smallest absolute Gasteiger partial charge is 0.317 e. The zero-order valence-corrected chi connectivity index (χ0v) is 15.4. The number of carboxylic acids is 1. The van der Waals surface area contributed by atoms with E-state index >= 15 is 0 Å². The predicted octanol–water partition coefficient (Wildman–Crippen LogP) is 0.956. The highest BCUT2D eigenvalue weighted by atomic mass is 32.2. The van der Waals surface area contributed by atoms with Gasteiger partial charge in [0, 0.05) is 32.2 Å². The van der Waals surface area contributed by atoms with Crippen molar-refractivity contribution >= 4 is 22.0 Å². The molecule has 0 radical (unpaired) electrons. The average Bonchev–Trinajstić information content (AvgIpc) is 3.24. The van der Waals surface area contributed by atoms with Crippen LogP contribution >= 0.6 is 0 Å². The molecule has 0 saturated carbocycles. The van der Waals surface area contributed by atoms with E-state index in [-0.39, 0.29) is 30.1 Å². The third-order valence-electron chi connectivity index (χ3n) is 5.14. The first-order chi connectivity index (χ1) is 12.2. The number of sulfonamides is 1. The van der Waals surface area contributed by atoms with Crippen molar-refractivity contribution in [3.63, 3.8) is 0 Å². The number of carbonyl (C=O) groups is 2. The van der Waals surface area contributed by atoms with E-state index in [0.29, 0.717) is 25.9 Å². The minimum atomic E-state index is -3.57. The number of hydrogen-bond acceptors (Lipinski definition) is 4. The maximum Gasteiger partial charge on any atom is 0.317 e. The van der Waals surface area contributed by atoms with Crippen LogP contribution in [0.4, 0.5) is 4.79 Å². The van der Waals surface area contributed by atoms with E-state index in [0.717, 1.165) is 0 Å². The van der Waals surface area contributed by atoms with E-state index < -0.39 is 21.4 Å². The van der Waals surface area contributed by atoms with Gasteiger partial charge in [0.05, 0.1) is 10.3 Å². The largest absolute Gasteiger partial charge is 0.481 e. The zero-order valence-electron chi connectivity index (χ0n) is 14.6. The first kappa shape index (κ1) is 18.7. The molecule has 142 valence electrons. The minimum absolute atomic E-state index is 0.160. The minimum Gasteiger partial charge on any atom is -0.481 e. The molecular formula is C17H23N3O5S. The topological polar surface area (TPSA) is 107 Å². The molecule has 2 aliphatic heterocycles. The molecule has 2 amide bonds. The van der Waals surface area contributed by atoms with Crippen LogP contribution in [0.15, 0.2) is 35.2 Å². The van der Waals surface area contributed by atoms with Crippen LogP contribution in [0.3, 0.4) is 0 Å². The quantitative estimate of drug-likeness (QED) is 0.808. The summed E-state index contributed by atoms with van der Waals surface area (Å²) in [7, 11) is -3.57. The second-order valence-electron chi connectivity index (χ2n) is 7.15. The number of carbonyl (C=O) groups excluding carboxylic acids is 1. The first-order valence-electron chi connectivity index (χ1n) is 8.56. The summed E-state index contributed by atoms with van der Waals surface area (Å²) in [5.41, 5.74) is -0.921. The Bertz CT molecular complexity index is 798. The van der Waals surface area contributed by atoms with E-state index in [1.165, 1.54) is 9.21 Å². The van der Waals surface area contributed by atoms with Crippen molar-refractivity contribution in [2.75, 3.05) is 26.2 Å². The van der Waals surface area contributed by atoms with Gasteiger partial charge in [0.1, 0.15) is 0 Å². The van der Waals surface area contributed by atoms with Gasteiger partial charge in [-0.3, -0.25) is 4.79 Å². The molecular weight excluding hydrogens is 358 g/mol. The van der Waals surface area contributed by atoms with Gasteiger partial charge in [0.25, 0.3) is 0 Å². The molecule has 8 nitrogen and oxygen atoms in total. The van der Waals surface area contributed by atoms with Crippen molar-refractivity contribution in [3.8, 4) is 0 Å². The fourth-order valence-electron chi connectivity index (χ4n) is 3.38. The summed E-state index contributed by atoms with van der Waals surface area (Å²) in [6.45, 7) is 2.73. The van der Waals surface area contributed by atoms with E-state index in [9.17, 15) is 23.1 Å². The fourth-order valence-corrected chi connectivity index (χ4v) is 4.90. The van der Waals surface area contributed by atoms with Gasteiger partial charge >= 0.3 is 12.0 Å². The molecule has 1 unspecified atom stereocenters. The Morgan fingerprint density at radius 3 is 2.54 bits per heavy atom.